The van der Waals surface area contributed by atoms with Crippen LogP contribution in [0.25, 0.3) is 0 Å². The number of nitrogens with one attached hydrogen (secondary N) is 1. The zero-order valence-electron chi connectivity index (χ0n) is 14.6. The molecule has 5 nitrogen and oxygen atoms in total. The fourth-order valence-corrected chi connectivity index (χ4v) is 3.36. The average molecular weight is 332 g/mol. The first-order chi connectivity index (χ1) is 11.7. The quantitative estimate of drug-likeness (QED) is 0.833. The van der Waals surface area contributed by atoms with Crippen LogP contribution in [0.5, 0.6) is 11.5 Å². The second-order valence-corrected chi connectivity index (χ2v) is 6.73. The van der Waals surface area contributed by atoms with Crippen LogP contribution in [0.4, 0.5) is 0 Å². The van der Waals surface area contributed by atoms with Gasteiger partial charge in [-0.15, -0.1) is 0 Å². The van der Waals surface area contributed by atoms with Crippen molar-refractivity contribution in [3.63, 3.8) is 0 Å². The van der Waals surface area contributed by atoms with E-state index in [0.29, 0.717) is 25.7 Å². The summed E-state index contributed by atoms with van der Waals surface area (Å²) in [5, 5.41) is 3.07. The molecule has 1 atom stereocenters. The highest BCUT2D eigenvalue weighted by Crippen LogP contribution is 2.31. The van der Waals surface area contributed by atoms with Crippen LogP contribution in [0.1, 0.15) is 38.2 Å². The minimum atomic E-state index is 0.151. The summed E-state index contributed by atoms with van der Waals surface area (Å²) in [4.78, 5) is 14.5. The smallest absolute Gasteiger partial charge is 0.220 e. The molecule has 2 aliphatic rings. The normalized spacial score (nSPS) is 18.4. The number of rotatable bonds is 7. The molecule has 2 aliphatic heterocycles. The third kappa shape index (κ3) is 4.63. The van der Waals surface area contributed by atoms with Crippen molar-refractivity contribution in [1.29, 1.82) is 0 Å². The zero-order chi connectivity index (χ0) is 16.8. The Bertz CT molecular complexity index is 556. The highest BCUT2D eigenvalue weighted by molar-refractivity contribution is 5.75. The van der Waals surface area contributed by atoms with E-state index in [1.54, 1.807) is 0 Å². The van der Waals surface area contributed by atoms with Crippen molar-refractivity contribution in [2.75, 3.05) is 32.8 Å². The Balaban J connectivity index is 1.36. The summed E-state index contributed by atoms with van der Waals surface area (Å²) < 4.78 is 11.1. The van der Waals surface area contributed by atoms with Gasteiger partial charge in [0.05, 0.1) is 0 Å². The van der Waals surface area contributed by atoms with Gasteiger partial charge in [-0.1, -0.05) is 6.07 Å². The number of nitrogens with zero attached hydrogens (tertiary/aromatic N) is 1. The third-order valence-corrected chi connectivity index (χ3v) is 4.83. The van der Waals surface area contributed by atoms with Crippen molar-refractivity contribution in [3.8, 4) is 11.5 Å². The lowest BCUT2D eigenvalue weighted by atomic mass is 10.1. The molecule has 24 heavy (non-hydrogen) atoms. The van der Waals surface area contributed by atoms with Crippen LogP contribution in [0.15, 0.2) is 18.2 Å². The minimum absolute atomic E-state index is 0.151. The van der Waals surface area contributed by atoms with Crippen molar-refractivity contribution in [2.45, 2.75) is 45.1 Å². The van der Waals surface area contributed by atoms with E-state index in [1.165, 1.54) is 31.5 Å². The third-order valence-electron chi connectivity index (χ3n) is 4.83. The standard InChI is InChI=1S/C19H28N2O3/c1-15(21-9-2-3-10-21)14-20-19(22)6-4-5-16-7-8-17-18(13-16)24-12-11-23-17/h7-8,13,15H,2-6,9-12,14H2,1H3,(H,20,22). The van der Waals surface area contributed by atoms with Gasteiger partial charge in [-0.3, -0.25) is 9.69 Å². The molecule has 0 saturated carbocycles. The van der Waals surface area contributed by atoms with Crippen LogP contribution in [-0.4, -0.2) is 49.7 Å². The molecule has 1 unspecified atom stereocenters. The number of aryl methyl sites for hydroxylation is 1. The van der Waals surface area contributed by atoms with Crippen LogP contribution in [0.3, 0.4) is 0 Å². The van der Waals surface area contributed by atoms with Gasteiger partial charge in [0, 0.05) is 19.0 Å². The molecule has 0 aliphatic carbocycles. The summed E-state index contributed by atoms with van der Waals surface area (Å²) in [6.45, 7) is 6.50. The van der Waals surface area contributed by atoms with Crippen molar-refractivity contribution >= 4 is 5.91 Å². The lowest BCUT2D eigenvalue weighted by molar-refractivity contribution is -0.121. The molecule has 1 amide bonds. The first-order valence-corrected chi connectivity index (χ1v) is 9.11. The molecule has 132 valence electrons. The largest absolute Gasteiger partial charge is 0.486 e. The van der Waals surface area contributed by atoms with Crippen molar-refractivity contribution in [2.24, 2.45) is 0 Å². The van der Waals surface area contributed by atoms with E-state index in [4.69, 9.17) is 9.47 Å². The molecule has 3 rings (SSSR count). The van der Waals surface area contributed by atoms with Crippen molar-refractivity contribution in [1.82, 2.24) is 10.2 Å². The van der Waals surface area contributed by atoms with E-state index in [-0.39, 0.29) is 5.91 Å². The minimum Gasteiger partial charge on any atom is -0.486 e. The molecule has 0 bridgehead atoms. The number of likely N-dealkylation sites (tertiary alicyclic amines) is 1. The number of amides is 1. The lowest BCUT2D eigenvalue weighted by Gasteiger charge is -2.23. The van der Waals surface area contributed by atoms with Crippen molar-refractivity contribution in [3.05, 3.63) is 23.8 Å². The first kappa shape index (κ1) is 17.1. The second kappa shape index (κ2) is 8.38. The van der Waals surface area contributed by atoms with Gasteiger partial charge in [0.2, 0.25) is 5.91 Å². The Labute approximate surface area is 144 Å². The van der Waals surface area contributed by atoms with E-state index in [1.807, 2.05) is 12.1 Å². The maximum absolute atomic E-state index is 12.0. The topological polar surface area (TPSA) is 50.8 Å². The highest BCUT2D eigenvalue weighted by atomic mass is 16.6. The fraction of sp³-hybridized carbons (Fsp3) is 0.632. The van der Waals surface area contributed by atoms with Gasteiger partial charge in [0.25, 0.3) is 0 Å². The summed E-state index contributed by atoms with van der Waals surface area (Å²) >= 11 is 0. The molecule has 0 aromatic heterocycles. The predicted octanol–water partition coefficient (Wildman–Crippen LogP) is 2.38. The molecule has 2 heterocycles. The second-order valence-electron chi connectivity index (χ2n) is 6.73. The zero-order valence-corrected chi connectivity index (χ0v) is 14.6. The molecule has 1 fully saturated rings. The maximum Gasteiger partial charge on any atom is 0.220 e. The monoisotopic (exact) mass is 332 g/mol. The number of hydrogen-bond acceptors (Lipinski definition) is 4. The number of benzene rings is 1. The molecule has 0 spiro atoms. The number of carbonyl (C=O) groups excluding carboxylic acids is 1. The van der Waals surface area contributed by atoms with Gasteiger partial charge in [-0.25, -0.2) is 0 Å². The van der Waals surface area contributed by atoms with Gasteiger partial charge in [-0.2, -0.15) is 0 Å². The molecule has 1 saturated heterocycles. The Morgan fingerprint density at radius 3 is 2.75 bits per heavy atom. The van der Waals surface area contributed by atoms with Crippen molar-refractivity contribution < 1.29 is 14.3 Å². The van der Waals surface area contributed by atoms with Crippen LogP contribution in [0.2, 0.25) is 0 Å². The summed E-state index contributed by atoms with van der Waals surface area (Å²) in [5.74, 6) is 1.79. The van der Waals surface area contributed by atoms with Gasteiger partial charge < -0.3 is 14.8 Å². The van der Waals surface area contributed by atoms with E-state index < -0.39 is 0 Å². The highest BCUT2D eigenvalue weighted by Gasteiger charge is 2.18. The maximum atomic E-state index is 12.0. The van der Waals surface area contributed by atoms with Crippen LogP contribution >= 0.6 is 0 Å². The molecule has 5 heteroatoms. The molecule has 1 aromatic carbocycles. The predicted molar refractivity (Wildman–Crippen MR) is 93.6 cm³/mol. The molecule has 1 aromatic rings. The molecule has 1 N–H and O–H groups in total. The van der Waals surface area contributed by atoms with E-state index in [0.717, 1.165) is 30.9 Å². The summed E-state index contributed by atoms with van der Waals surface area (Å²) in [6.07, 6.45) is 4.87. The Morgan fingerprint density at radius 1 is 1.21 bits per heavy atom. The van der Waals surface area contributed by atoms with E-state index in [9.17, 15) is 4.79 Å². The molecular formula is C19H28N2O3. The van der Waals surface area contributed by atoms with Gasteiger partial charge in [0.1, 0.15) is 13.2 Å². The van der Waals surface area contributed by atoms with Gasteiger partial charge >= 0.3 is 0 Å². The van der Waals surface area contributed by atoms with Crippen LogP contribution in [-0.2, 0) is 11.2 Å². The summed E-state index contributed by atoms with van der Waals surface area (Å²) in [6, 6.07) is 6.49. The van der Waals surface area contributed by atoms with Gasteiger partial charge in [-0.05, 0) is 63.4 Å². The lowest BCUT2D eigenvalue weighted by Crippen LogP contribution is -2.40. The first-order valence-electron chi connectivity index (χ1n) is 9.11. The van der Waals surface area contributed by atoms with E-state index >= 15 is 0 Å². The Hall–Kier alpha value is -1.75. The molecule has 0 radical (unpaired) electrons. The van der Waals surface area contributed by atoms with Crippen LogP contribution in [0, 0.1) is 0 Å². The Kier molecular flexibility index (Phi) is 5.96. The number of ether oxygens (including phenoxy) is 2. The van der Waals surface area contributed by atoms with E-state index in [2.05, 4.69) is 23.2 Å². The average Bonchev–Trinajstić information content (AvgIpc) is 3.14. The summed E-state index contributed by atoms with van der Waals surface area (Å²) in [7, 11) is 0. The number of carbonyl (C=O) groups is 1. The number of fused-ring (bicyclic) bond motifs is 1. The Morgan fingerprint density at radius 2 is 1.96 bits per heavy atom. The molecular weight excluding hydrogens is 304 g/mol. The fourth-order valence-electron chi connectivity index (χ4n) is 3.36. The van der Waals surface area contributed by atoms with Gasteiger partial charge in [0.15, 0.2) is 11.5 Å². The SMILES string of the molecule is CC(CNC(=O)CCCc1ccc2c(c1)OCCO2)N1CCCC1. The van der Waals surface area contributed by atoms with Crippen LogP contribution < -0.4 is 14.8 Å². The summed E-state index contributed by atoms with van der Waals surface area (Å²) in [5.41, 5.74) is 1.19. The number of hydrogen-bond donors (Lipinski definition) is 1.